The standard InChI is InChI=1S/C58H82F3N5O4Si2/c1-18-26-65-27-19-25-58(65,17)34-68-55-62-53-47(54(63-55)64-32-42-21-22-43(33-64)66(42)56(67)69-57(14,15)16)31-49(60)51(52(53)61)46-30-44(70-72(38(8)9,39(10)11)40(12)13)29-41-20-23-48(59)45(50(41)46)24-28-71(35(2)3,36(4)5)37(6)7/h18,20,23,29-31,35-40,42-43H,1,19,21-22,25-27,32-34H2,2-17H3/t42-,43+,58-/m1/s1. The molecule has 0 radical (unpaired) electrons. The van der Waals surface area contributed by atoms with Crippen LogP contribution in [0.25, 0.3) is 32.8 Å². The summed E-state index contributed by atoms with van der Waals surface area (Å²) in [5, 5.41) is 1.05. The van der Waals surface area contributed by atoms with Gasteiger partial charge in [-0.1, -0.05) is 101 Å². The van der Waals surface area contributed by atoms with Gasteiger partial charge in [-0.15, -0.1) is 12.1 Å². The number of anilines is 1. The van der Waals surface area contributed by atoms with E-state index in [1.807, 2.05) is 42.7 Å². The van der Waals surface area contributed by atoms with E-state index in [1.165, 1.54) is 12.1 Å². The largest absolute Gasteiger partial charge is 0.543 e. The summed E-state index contributed by atoms with van der Waals surface area (Å²) in [7, 11) is -5.03. The van der Waals surface area contributed by atoms with Gasteiger partial charge in [0.15, 0.2) is 5.82 Å². The topological polar surface area (TPSA) is 80.3 Å². The molecule has 4 aromatic rings. The van der Waals surface area contributed by atoms with Crippen LogP contribution in [0.2, 0.25) is 33.2 Å². The second kappa shape index (κ2) is 21.0. The third-order valence-electron chi connectivity index (χ3n) is 16.6. The maximum atomic E-state index is 18.5. The molecule has 3 atom stereocenters. The van der Waals surface area contributed by atoms with Gasteiger partial charge in [-0.25, -0.2) is 18.0 Å². The molecule has 14 heteroatoms. The van der Waals surface area contributed by atoms with Gasteiger partial charge in [-0.05, 0) is 123 Å². The smallest absolute Gasteiger partial charge is 0.410 e. The van der Waals surface area contributed by atoms with Crippen LogP contribution in [0.4, 0.5) is 23.8 Å². The maximum absolute atomic E-state index is 18.5. The highest BCUT2D eigenvalue weighted by molar-refractivity contribution is 6.90. The molecule has 72 heavy (non-hydrogen) atoms. The molecule has 1 amide bonds. The first-order chi connectivity index (χ1) is 33.7. The molecule has 0 spiro atoms. The Kier molecular flexibility index (Phi) is 16.1. The highest BCUT2D eigenvalue weighted by Crippen LogP contribution is 2.48. The molecular formula is C58H82F3N5O4Si2. The summed E-state index contributed by atoms with van der Waals surface area (Å²) in [6.07, 6.45) is 4.85. The van der Waals surface area contributed by atoms with Crippen LogP contribution in [0, 0.1) is 28.9 Å². The zero-order valence-electron chi connectivity index (χ0n) is 46.2. The van der Waals surface area contributed by atoms with Crippen LogP contribution in [0.3, 0.4) is 0 Å². The van der Waals surface area contributed by atoms with Crippen LogP contribution in [0.5, 0.6) is 11.8 Å². The lowest BCUT2D eigenvalue weighted by molar-refractivity contribution is 0.0122. The first-order valence-corrected chi connectivity index (χ1v) is 31.0. The number of likely N-dealkylation sites (tertiary alicyclic amines) is 1. The molecule has 1 aromatic heterocycles. The van der Waals surface area contributed by atoms with Crippen molar-refractivity contribution in [3.63, 3.8) is 0 Å². The number of hydrogen-bond donors (Lipinski definition) is 0. The van der Waals surface area contributed by atoms with Crippen molar-refractivity contribution in [2.75, 3.05) is 37.7 Å². The third-order valence-corrected chi connectivity index (χ3v) is 28.9. The summed E-state index contributed by atoms with van der Waals surface area (Å²) in [5.74, 6) is 1.81. The van der Waals surface area contributed by atoms with E-state index in [1.54, 1.807) is 12.1 Å². The molecule has 0 saturated carbocycles. The molecule has 3 aromatic carbocycles. The van der Waals surface area contributed by atoms with Crippen LogP contribution in [-0.4, -0.2) is 98.3 Å². The lowest BCUT2D eigenvalue weighted by atomic mass is 9.92. The van der Waals surface area contributed by atoms with Gasteiger partial charge >= 0.3 is 12.1 Å². The Bertz CT molecular complexity index is 2690. The number of ether oxygens (including phenoxy) is 2. The normalized spacial score (nSPS) is 20.0. The third kappa shape index (κ3) is 10.2. The van der Waals surface area contributed by atoms with Gasteiger partial charge in [0.2, 0.25) is 0 Å². The number of aromatic nitrogens is 2. The predicted octanol–water partition coefficient (Wildman–Crippen LogP) is 15.0. The predicted molar refractivity (Wildman–Crippen MR) is 294 cm³/mol. The summed E-state index contributed by atoms with van der Waals surface area (Å²) >= 11 is 0. The van der Waals surface area contributed by atoms with Crippen LogP contribution in [-0.2, 0) is 4.74 Å². The monoisotopic (exact) mass is 1030 g/mol. The molecule has 4 heterocycles. The number of fused-ring (bicyclic) bond motifs is 4. The number of piperazine rings is 1. The van der Waals surface area contributed by atoms with Crippen molar-refractivity contribution >= 4 is 50.0 Å². The molecule has 0 aliphatic carbocycles. The Morgan fingerprint density at radius 3 is 2.04 bits per heavy atom. The van der Waals surface area contributed by atoms with E-state index in [0.29, 0.717) is 42.0 Å². The van der Waals surface area contributed by atoms with E-state index in [2.05, 4.69) is 113 Å². The summed E-state index contributed by atoms with van der Waals surface area (Å²) in [6, 6.07) is 7.53. The molecule has 0 unspecified atom stereocenters. The van der Waals surface area contributed by atoms with Gasteiger partial charge in [-0.2, -0.15) is 9.97 Å². The zero-order valence-corrected chi connectivity index (χ0v) is 48.2. The van der Waals surface area contributed by atoms with Crippen molar-refractivity contribution in [3.8, 4) is 34.4 Å². The van der Waals surface area contributed by atoms with Gasteiger partial charge in [0, 0.05) is 36.0 Å². The van der Waals surface area contributed by atoms with Gasteiger partial charge in [0.25, 0.3) is 8.32 Å². The summed E-state index contributed by atoms with van der Waals surface area (Å²) in [4.78, 5) is 29.5. The van der Waals surface area contributed by atoms with Gasteiger partial charge in [0.05, 0.1) is 28.7 Å². The van der Waals surface area contributed by atoms with Crippen molar-refractivity contribution in [2.45, 2.75) is 193 Å². The Hall–Kier alpha value is -4.59. The van der Waals surface area contributed by atoms with Crippen LogP contribution in [0.1, 0.15) is 142 Å². The fourth-order valence-corrected chi connectivity index (χ4v) is 23.7. The average molecular weight is 1030 g/mol. The number of rotatable bonds is 15. The molecule has 392 valence electrons. The minimum absolute atomic E-state index is 0.0407. The van der Waals surface area contributed by atoms with E-state index in [4.69, 9.17) is 23.9 Å². The number of carbonyl (C=O) groups is 1. The summed E-state index contributed by atoms with van der Waals surface area (Å²) in [6.45, 7) is 40.6. The molecule has 0 N–H and O–H groups in total. The molecule has 3 aliphatic heterocycles. The fourth-order valence-electron chi connectivity index (χ4n) is 13.3. The summed E-state index contributed by atoms with van der Waals surface area (Å²) in [5.41, 5.74) is 3.82. The maximum Gasteiger partial charge on any atom is 0.410 e. The number of benzene rings is 3. The van der Waals surface area contributed by atoms with E-state index < -0.39 is 39.4 Å². The molecule has 9 nitrogen and oxygen atoms in total. The Morgan fingerprint density at radius 2 is 1.49 bits per heavy atom. The highest BCUT2D eigenvalue weighted by atomic mass is 28.4. The van der Waals surface area contributed by atoms with Gasteiger partial charge in [0.1, 0.15) is 49.0 Å². The van der Waals surface area contributed by atoms with Gasteiger partial charge in [-0.3, -0.25) is 9.80 Å². The number of hydrogen-bond acceptors (Lipinski definition) is 8. The van der Waals surface area contributed by atoms with Crippen molar-refractivity contribution < 1.29 is 31.9 Å². The SMILES string of the molecule is C=CCN1CCC[C@]1(C)COc1nc(N2C[C@H]3CC[C@@H](C2)N3C(=O)OC(C)(C)C)c2cc(F)c(-c3cc(O[Si](C(C)C)(C(C)C)C(C)C)cc4ccc(F)c(C#C[Si](C(C)C)(C(C)C)C(C)C)c34)c(F)c2n1. The van der Waals surface area contributed by atoms with E-state index in [-0.39, 0.29) is 97.2 Å². The minimum atomic E-state index is -2.62. The van der Waals surface area contributed by atoms with E-state index in [0.717, 1.165) is 32.2 Å². The Morgan fingerprint density at radius 1 is 0.875 bits per heavy atom. The summed E-state index contributed by atoms with van der Waals surface area (Å²) < 4.78 is 72.8. The average Bonchev–Trinajstić information content (AvgIpc) is 3.78. The van der Waals surface area contributed by atoms with E-state index >= 15 is 13.2 Å². The lowest BCUT2D eigenvalue weighted by Gasteiger charge is -2.42. The van der Waals surface area contributed by atoms with E-state index in [9.17, 15) is 4.79 Å². The van der Waals surface area contributed by atoms with Crippen LogP contribution in [0.15, 0.2) is 43.0 Å². The highest BCUT2D eigenvalue weighted by Gasteiger charge is 2.48. The second-order valence-corrected chi connectivity index (χ2v) is 35.1. The fraction of sp³-hybridized carbons (Fsp3) is 0.603. The van der Waals surface area contributed by atoms with Crippen molar-refractivity contribution in [3.05, 3.63) is 66.0 Å². The first kappa shape index (κ1) is 55.2. The molecular weight excluding hydrogens is 944 g/mol. The quantitative estimate of drug-likeness (QED) is 0.0662. The minimum Gasteiger partial charge on any atom is -0.543 e. The zero-order chi connectivity index (χ0) is 53.0. The molecule has 3 fully saturated rings. The van der Waals surface area contributed by atoms with Gasteiger partial charge < -0.3 is 18.8 Å². The molecule has 7 rings (SSSR count). The molecule has 3 aliphatic rings. The lowest BCUT2D eigenvalue weighted by Crippen LogP contribution is -2.57. The van der Waals surface area contributed by atoms with Crippen molar-refractivity contribution in [1.29, 1.82) is 0 Å². The Balaban J connectivity index is 1.50. The van der Waals surface area contributed by atoms with Crippen LogP contribution >= 0.6 is 0 Å². The van der Waals surface area contributed by atoms with Crippen LogP contribution < -0.4 is 14.1 Å². The number of halogens is 3. The molecule has 3 saturated heterocycles. The number of amides is 1. The molecule has 2 bridgehead atoms. The first-order valence-electron chi connectivity index (χ1n) is 26.6. The second-order valence-electron chi connectivity index (χ2n) is 24.1. The van der Waals surface area contributed by atoms with Crippen molar-refractivity contribution in [2.24, 2.45) is 0 Å². The number of nitrogens with zero attached hydrogens (tertiary/aromatic N) is 5. The Labute approximate surface area is 430 Å². The number of carbonyl (C=O) groups excluding carboxylic acids is 1. The van der Waals surface area contributed by atoms with Crippen molar-refractivity contribution in [1.82, 2.24) is 19.8 Å².